The van der Waals surface area contributed by atoms with E-state index in [4.69, 9.17) is 21.1 Å². The minimum absolute atomic E-state index is 0.308. The first-order valence-electron chi connectivity index (χ1n) is 9.22. The van der Waals surface area contributed by atoms with E-state index in [1.807, 2.05) is 54.6 Å². The monoisotopic (exact) mass is 473 g/mol. The third kappa shape index (κ3) is 6.24. The number of nitrogens with one attached hydrogen (secondary N) is 1. The maximum absolute atomic E-state index is 11.7. The van der Waals surface area contributed by atoms with Crippen molar-refractivity contribution in [2.75, 3.05) is 11.9 Å². The van der Waals surface area contributed by atoms with E-state index >= 15 is 0 Å². The van der Waals surface area contributed by atoms with Crippen molar-refractivity contribution in [2.45, 2.75) is 20.1 Å². The Morgan fingerprint density at radius 3 is 2.34 bits per heavy atom. The molecule has 1 N–H and O–H groups in total. The Hall–Kier alpha value is -2.50. The third-order valence-corrected chi connectivity index (χ3v) is 5.07. The Labute approximate surface area is 183 Å². The van der Waals surface area contributed by atoms with E-state index in [2.05, 4.69) is 21.2 Å². The van der Waals surface area contributed by atoms with Gasteiger partial charge in [-0.25, -0.2) is 4.79 Å². The van der Waals surface area contributed by atoms with Crippen LogP contribution in [0.5, 0.6) is 5.75 Å². The highest BCUT2D eigenvalue weighted by molar-refractivity contribution is 9.10. The molecule has 4 nitrogen and oxygen atoms in total. The van der Waals surface area contributed by atoms with Crippen LogP contribution in [0, 0.1) is 0 Å². The topological polar surface area (TPSA) is 47.6 Å². The van der Waals surface area contributed by atoms with Gasteiger partial charge in [-0.3, -0.25) is 0 Å². The SMILES string of the molecule is CCOC(=O)c1ccc(NCc2ccc(OCc3ccc(Cl)cc3)c(Br)c2)cc1. The highest BCUT2D eigenvalue weighted by atomic mass is 79.9. The number of hydrogen-bond donors (Lipinski definition) is 1. The van der Waals surface area contributed by atoms with Crippen LogP contribution in [0.2, 0.25) is 5.02 Å². The molecule has 0 atom stereocenters. The highest BCUT2D eigenvalue weighted by Crippen LogP contribution is 2.27. The summed E-state index contributed by atoms with van der Waals surface area (Å²) in [6.07, 6.45) is 0. The van der Waals surface area contributed by atoms with Gasteiger partial charge in [0.2, 0.25) is 0 Å². The summed E-state index contributed by atoms with van der Waals surface area (Å²) in [4.78, 5) is 11.7. The van der Waals surface area contributed by atoms with E-state index < -0.39 is 0 Å². The molecule has 0 amide bonds. The lowest BCUT2D eigenvalue weighted by Crippen LogP contribution is -2.05. The third-order valence-electron chi connectivity index (χ3n) is 4.20. The van der Waals surface area contributed by atoms with Gasteiger partial charge in [-0.05, 0) is 82.5 Å². The van der Waals surface area contributed by atoms with Crippen molar-refractivity contribution in [1.29, 1.82) is 0 Å². The molecule has 0 unspecified atom stereocenters. The van der Waals surface area contributed by atoms with Crippen LogP contribution in [0.15, 0.2) is 71.2 Å². The summed E-state index contributed by atoms with van der Waals surface area (Å²) >= 11 is 9.48. The Balaban J connectivity index is 1.54. The number of carbonyl (C=O) groups excluding carboxylic acids is 1. The fraction of sp³-hybridized carbons (Fsp3) is 0.174. The molecule has 3 aromatic rings. The lowest BCUT2D eigenvalue weighted by molar-refractivity contribution is 0.0526. The lowest BCUT2D eigenvalue weighted by atomic mass is 10.2. The van der Waals surface area contributed by atoms with Gasteiger partial charge in [-0.15, -0.1) is 0 Å². The number of anilines is 1. The normalized spacial score (nSPS) is 10.4. The maximum Gasteiger partial charge on any atom is 0.338 e. The van der Waals surface area contributed by atoms with Crippen molar-refractivity contribution in [1.82, 2.24) is 0 Å². The number of carbonyl (C=O) groups is 1. The van der Waals surface area contributed by atoms with Gasteiger partial charge in [0.25, 0.3) is 0 Å². The molecule has 0 aliphatic carbocycles. The average molecular weight is 475 g/mol. The molecule has 0 saturated carbocycles. The zero-order chi connectivity index (χ0) is 20.6. The molecule has 0 fully saturated rings. The Morgan fingerprint density at radius 2 is 1.69 bits per heavy atom. The summed E-state index contributed by atoms with van der Waals surface area (Å²) in [5.41, 5.74) is 3.63. The molecule has 6 heteroatoms. The second-order valence-electron chi connectivity index (χ2n) is 6.33. The van der Waals surface area contributed by atoms with Gasteiger partial charge in [-0.2, -0.15) is 0 Å². The minimum atomic E-state index is -0.308. The van der Waals surface area contributed by atoms with Crippen LogP contribution in [-0.2, 0) is 17.9 Å². The Morgan fingerprint density at radius 1 is 1.00 bits per heavy atom. The molecule has 29 heavy (non-hydrogen) atoms. The zero-order valence-electron chi connectivity index (χ0n) is 16.0. The Bertz CT molecular complexity index is 959. The number of hydrogen-bond acceptors (Lipinski definition) is 4. The van der Waals surface area contributed by atoms with Crippen molar-refractivity contribution in [3.05, 3.63) is 92.9 Å². The summed E-state index contributed by atoms with van der Waals surface area (Å²) < 4.78 is 11.8. The Kier molecular flexibility index (Phi) is 7.55. The van der Waals surface area contributed by atoms with Crippen LogP contribution in [0.3, 0.4) is 0 Å². The number of esters is 1. The van der Waals surface area contributed by atoms with Gasteiger partial charge in [0.05, 0.1) is 16.6 Å². The largest absolute Gasteiger partial charge is 0.488 e. The predicted molar refractivity (Wildman–Crippen MR) is 120 cm³/mol. The van der Waals surface area contributed by atoms with Crippen LogP contribution in [0.25, 0.3) is 0 Å². The molecule has 0 saturated heterocycles. The first kappa shape index (κ1) is 21.2. The molecule has 0 spiro atoms. The van der Waals surface area contributed by atoms with Gasteiger partial charge in [0, 0.05) is 17.3 Å². The van der Waals surface area contributed by atoms with Gasteiger partial charge in [0.15, 0.2) is 0 Å². The van der Waals surface area contributed by atoms with Crippen molar-refractivity contribution in [3.8, 4) is 5.75 Å². The first-order valence-corrected chi connectivity index (χ1v) is 10.4. The summed E-state index contributed by atoms with van der Waals surface area (Å²) in [5, 5.41) is 4.05. The molecular formula is C23H21BrClNO3. The smallest absolute Gasteiger partial charge is 0.338 e. The molecule has 150 valence electrons. The quantitative estimate of drug-likeness (QED) is 0.380. The summed E-state index contributed by atoms with van der Waals surface area (Å²) in [6, 6.07) is 20.8. The summed E-state index contributed by atoms with van der Waals surface area (Å²) in [5.74, 6) is 0.472. The summed E-state index contributed by atoms with van der Waals surface area (Å²) in [7, 11) is 0. The molecule has 0 aliphatic rings. The van der Waals surface area contributed by atoms with Gasteiger partial charge in [-0.1, -0.05) is 29.8 Å². The van der Waals surface area contributed by atoms with Crippen LogP contribution >= 0.6 is 27.5 Å². The highest BCUT2D eigenvalue weighted by Gasteiger charge is 2.07. The molecule has 3 rings (SSSR count). The van der Waals surface area contributed by atoms with E-state index in [0.717, 1.165) is 27.0 Å². The van der Waals surface area contributed by atoms with Crippen molar-refractivity contribution >= 4 is 39.2 Å². The van der Waals surface area contributed by atoms with Crippen molar-refractivity contribution in [2.24, 2.45) is 0 Å². The maximum atomic E-state index is 11.7. The molecular weight excluding hydrogens is 454 g/mol. The average Bonchev–Trinajstić information content (AvgIpc) is 2.73. The predicted octanol–water partition coefficient (Wildman–Crippen LogP) is 6.47. The van der Waals surface area contributed by atoms with E-state index in [1.54, 1.807) is 19.1 Å². The van der Waals surface area contributed by atoms with Gasteiger partial charge >= 0.3 is 5.97 Å². The summed E-state index contributed by atoms with van der Waals surface area (Å²) in [6.45, 7) is 3.28. The zero-order valence-corrected chi connectivity index (χ0v) is 18.3. The van der Waals surface area contributed by atoms with Crippen LogP contribution in [-0.4, -0.2) is 12.6 Å². The van der Waals surface area contributed by atoms with Crippen LogP contribution < -0.4 is 10.1 Å². The molecule has 0 bridgehead atoms. The standard InChI is InChI=1S/C23H21BrClNO3/c1-2-28-23(27)18-6-10-20(11-7-18)26-14-17-5-12-22(21(24)13-17)29-15-16-3-8-19(25)9-4-16/h3-13,26H,2,14-15H2,1H3. The van der Waals surface area contributed by atoms with Crippen LogP contribution in [0.1, 0.15) is 28.4 Å². The van der Waals surface area contributed by atoms with Crippen molar-refractivity contribution < 1.29 is 14.3 Å². The van der Waals surface area contributed by atoms with E-state index in [1.165, 1.54) is 0 Å². The van der Waals surface area contributed by atoms with Crippen LogP contribution in [0.4, 0.5) is 5.69 Å². The van der Waals surface area contributed by atoms with Crippen molar-refractivity contribution in [3.63, 3.8) is 0 Å². The minimum Gasteiger partial charge on any atom is -0.488 e. The first-order chi connectivity index (χ1) is 14.0. The van der Waals surface area contributed by atoms with E-state index in [0.29, 0.717) is 30.3 Å². The van der Waals surface area contributed by atoms with E-state index in [9.17, 15) is 4.79 Å². The van der Waals surface area contributed by atoms with Gasteiger partial charge < -0.3 is 14.8 Å². The van der Waals surface area contributed by atoms with Gasteiger partial charge in [0.1, 0.15) is 12.4 Å². The van der Waals surface area contributed by atoms with E-state index in [-0.39, 0.29) is 5.97 Å². The second-order valence-corrected chi connectivity index (χ2v) is 7.62. The molecule has 3 aromatic carbocycles. The fourth-order valence-electron chi connectivity index (χ4n) is 2.66. The number of benzene rings is 3. The number of rotatable bonds is 8. The lowest BCUT2D eigenvalue weighted by Gasteiger charge is -2.11. The molecule has 0 radical (unpaired) electrons. The molecule has 0 aliphatic heterocycles. The fourth-order valence-corrected chi connectivity index (χ4v) is 3.32. The number of ether oxygens (including phenoxy) is 2. The number of halogens is 2. The molecule has 0 heterocycles. The molecule has 0 aromatic heterocycles. The second kappa shape index (κ2) is 10.3.